The summed E-state index contributed by atoms with van der Waals surface area (Å²) in [6.07, 6.45) is -5.07. The highest BCUT2D eigenvalue weighted by Gasteiger charge is 2.52. The number of hydrogen-bond donors (Lipinski definition) is 1. The maximum absolute atomic E-state index is 12.4. The quantitative estimate of drug-likeness (QED) is 0.0938. The third-order valence-corrected chi connectivity index (χ3v) is 11.6. The minimum atomic E-state index is -1.02. The Morgan fingerprint density at radius 1 is 0.533 bits per heavy atom. The highest BCUT2D eigenvalue weighted by molar-refractivity contribution is 5.18. The van der Waals surface area contributed by atoms with E-state index in [0.717, 1.165) is 27.8 Å². The fraction of sp³-hybridized carbons (Fsp3) is 0.400. The molecule has 0 bridgehead atoms. The first-order valence-electron chi connectivity index (χ1n) is 21.0. The molecule has 10 nitrogen and oxygen atoms in total. The Morgan fingerprint density at radius 2 is 1.03 bits per heavy atom. The lowest BCUT2D eigenvalue weighted by atomic mass is 9.82. The number of aliphatic hydroxyl groups excluding tert-OH is 1. The van der Waals surface area contributed by atoms with E-state index in [1.165, 1.54) is 0 Å². The molecule has 3 heterocycles. The van der Waals surface area contributed by atoms with Crippen LogP contribution in [0, 0.1) is 5.92 Å². The van der Waals surface area contributed by atoms with Gasteiger partial charge in [-0.25, -0.2) is 0 Å². The second-order valence-corrected chi connectivity index (χ2v) is 15.7. The summed E-state index contributed by atoms with van der Waals surface area (Å²) in [5.74, 6) is -0.216. The van der Waals surface area contributed by atoms with Crippen molar-refractivity contribution >= 4 is 0 Å². The Balaban J connectivity index is 1.06. The van der Waals surface area contributed by atoms with Crippen LogP contribution < -0.4 is 0 Å². The van der Waals surface area contributed by atoms with Crippen LogP contribution in [0.4, 0.5) is 0 Å². The largest absolute Gasteiger partial charge is 0.388 e. The summed E-state index contributed by atoms with van der Waals surface area (Å²) in [7, 11) is 1.64. The number of methoxy groups -OCH3 is 1. The smallest absolute Gasteiger partial charge is 0.184 e. The molecule has 5 aromatic rings. The summed E-state index contributed by atoms with van der Waals surface area (Å²) >= 11 is 0. The van der Waals surface area contributed by atoms with Crippen LogP contribution in [-0.2, 0) is 69.1 Å². The topological polar surface area (TPSA) is 103 Å². The molecule has 0 amide bonds. The van der Waals surface area contributed by atoms with Gasteiger partial charge in [0.2, 0.25) is 0 Å². The molecule has 11 atom stereocenters. The van der Waals surface area contributed by atoms with Gasteiger partial charge in [0.15, 0.2) is 12.6 Å². The molecule has 316 valence electrons. The van der Waals surface area contributed by atoms with Crippen molar-refractivity contribution in [3.63, 3.8) is 0 Å². The summed E-state index contributed by atoms with van der Waals surface area (Å²) in [4.78, 5) is 0. The highest BCUT2D eigenvalue weighted by Crippen LogP contribution is 2.42. The van der Waals surface area contributed by atoms with Crippen molar-refractivity contribution in [3.05, 3.63) is 179 Å². The van der Waals surface area contributed by atoms with Crippen LogP contribution in [0.3, 0.4) is 0 Å². The number of rotatable bonds is 18. The van der Waals surface area contributed by atoms with Gasteiger partial charge in [-0.3, -0.25) is 0 Å². The average Bonchev–Trinajstić information content (AvgIpc) is 3.31. The molecule has 60 heavy (non-hydrogen) atoms. The molecule has 0 aliphatic carbocycles. The molecular weight excluding hydrogens is 761 g/mol. The molecule has 5 aromatic carbocycles. The van der Waals surface area contributed by atoms with Crippen LogP contribution in [0.1, 0.15) is 46.9 Å². The molecule has 0 spiro atoms. The van der Waals surface area contributed by atoms with E-state index in [0.29, 0.717) is 45.9 Å². The maximum atomic E-state index is 12.4. The molecular formula is C50H56O10. The van der Waals surface area contributed by atoms with Gasteiger partial charge in [-0.1, -0.05) is 152 Å². The molecule has 0 radical (unpaired) electrons. The molecule has 10 heteroatoms. The number of fused-ring (bicyclic) bond motifs is 1. The fourth-order valence-electron chi connectivity index (χ4n) is 8.48. The Morgan fingerprint density at radius 3 is 1.58 bits per heavy atom. The Kier molecular flexibility index (Phi) is 15.2. The van der Waals surface area contributed by atoms with Crippen molar-refractivity contribution in [2.75, 3.05) is 20.3 Å². The van der Waals surface area contributed by atoms with Crippen molar-refractivity contribution < 1.29 is 47.7 Å². The molecule has 1 N–H and O–H groups in total. The van der Waals surface area contributed by atoms with Crippen molar-refractivity contribution in [3.8, 4) is 0 Å². The van der Waals surface area contributed by atoms with Gasteiger partial charge < -0.3 is 47.7 Å². The van der Waals surface area contributed by atoms with Crippen LogP contribution in [0.25, 0.3) is 0 Å². The van der Waals surface area contributed by atoms with Gasteiger partial charge in [-0.05, 0) is 35.1 Å². The third kappa shape index (κ3) is 11.0. The first-order valence-corrected chi connectivity index (χ1v) is 21.0. The third-order valence-electron chi connectivity index (χ3n) is 11.6. The van der Waals surface area contributed by atoms with Crippen molar-refractivity contribution in [1.29, 1.82) is 0 Å². The van der Waals surface area contributed by atoms with Gasteiger partial charge in [0.05, 0.1) is 51.8 Å². The van der Waals surface area contributed by atoms with E-state index in [1.807, 2.05) is 152 Å². The number of aliphatic hydroxyl groups is 1. The highest BCUT2D eigenvalue weighted by atomic mass is 16.8. The predicted octanol–water partition coefficient (Wildman–Crippen LogP) is 7.97. The zero-order chi connectivity index (χ0) is 40.9. The molecule has 0 aromatic heterocycles. The number of benzene rings is 5. The molecule has 0 saturated carbocycles. The van der Waals surface area contributed by atoms with E-state index in [4.69, 9.17) is 42.6 Å². The summed E-state index contributed by atoms with van der Waals surface area (Å²) < 4.78 is 58.8. The minimum absolute atomic E-state index is 0.216. The van der Waals surface area contributed by atoms with Gasteiger partial charge >= 0.3 is 0 Å². The summed E-state index contributed by atoms with van der Waals surface area (Å²) in [5, 5.41) is 12.4. The fourth-order valence-corrected chi connectivity index (χ4v) is 8.48. The van der Waals surface area contributed by atoms with Crippen LogP contribution in [0.15, 0.2) is 152 Å². The van der Waals surface area contributed by atoms with Crippen LogP contribution >= 0.6 is 0 Å². The second-order valence-electron chi connectivity index (χ2n) is 15.7. The molecule has 3 aliphatic rings. The lowest BCUT2D eigenvalue weighted by molar-refractivity contribution is -0.357. The van der Waals surface area contributed by atoms with E-state index in [1.54, 1.807) is 7.11 Å². The van der Waals surface area contributed by atoms with E-state index >= 15 is 0 Å². The first-order chi connectivity index (χ1) is 29.6. The molecule has 1 unspecified atom stereocenters. The van der Waals surface area contributed by atoms with Crippen molar-refractivity contribution in [1.82, 2.24) is 0 Å². The Bertz CT molecular complexity index is 1950. The maximum Gasteiger partial charge on any atom is 0.184 e. The van der Waals surface area contributed by atoms with Crippen molar-refractivity contribution in [2.24, 2.45) is 5.92 Å². The summed E-state index contributed by atoms with van der Waals surface area (Å²) in [6, 6.07) is 50.0. The summed E-state index contributed by atoms with van der Waals surface area (Å²) in [6.45, 7) is 1.94. The molecule has 3 aliphatic heterocycles. The number of ether oxygens (including phenoxy) is 9. The SMILES string of the molecule is CO[C@H]1O[C@@H]2COC(c3ccccc3)O[C@H]2[C@H](CC[C@@H]2O[C@H](COCc3ccccc3)[C@@H](OCc3ccccc3)[C@H](OCc3ccccc3)[C@H]2O)[C@H]1OCc1ccccc1. The van der Waals surface area contributed by atoms with Gasteiger partial charge in [0.25, 0.3) is 0 Å². The molecule has 8 rings (SSSR count). The average molecular weight is 817 g/mol. The standard InChI is InChI=1S/C50H56O10/c1-52-50-46(54-30-36-19-9-3-10-20-36)40(45-43(59-50)34-57-49(60-45)39-25-15-6-16-26-39)27-28-41-44(51)48(56-32-38-23-13-5-14-24-38)47(55-31-37-21-11-4-12-22-37)42(58-41)33-53-29-35-17-7-2-8-18-35/h2-26,40-51H,27-34H2,1H3/t40-,41-,42+,43+,44-,45-,46+,47+,48+,49?,50-/m0/s1. The lowest BCUT2D eigenvalue weighted by Gasteiger charge is -2.50. The predicted molar refractivity (Wildman–Crippen MR) is 224 cm³/mol. The van der Waals surface area contributed by atoms with Crippen molar-refractivity contribution in [2.45, 2.75) is 101 Å². The van der Waals surface area contributed by atoms with Gasteiger partial charge in [0.1, 0.15) is 36.6 Å². The van der Waals surface area contributed by atoms with Gasteiger partial charge in [-0.2, -0.15) is 0 Å². The first kappa shape index (κ1) is 42.4. The summed E-state index contributed by atoms with van der Waals surface area (Å²) in [5.41, 5.74) is 5.01. The van der Waals surface area contributed by atoms with Crippen LogP contribution in [-0.4, -0.2) is 80.6 Å². The Labute approximate surface area is 353 Å². The van der Waals surface area contributed by atoms with E-state index in [2.05, 4.69) is 0 Å². The van der Waals surface area contributed by atoms with Gasteiger partial charge in [-0.15, -0.1) is 0 Å². The monoisotopic (exact) mass is 816 g/mol. The zero-order valence-electron chi connectivity index (χ0n) is 34.1. The zero-order valence-corrected chi connectivity index (χ0v) is 34.1. The Hall–Kier alpha value is -4.30. The lowest BCUT2D eigenvalue weighted by Crippen LogP contribution is -2.61. The van der Waals surface area contributed by atoms with Gasteiger partial charge in [0, 0.05) is 18.6 Å². The minimum Gasteiger partial charge on any atom is -0.388 e. The number of hydrogen-bond acceptors (Lipinski definition) is 10. The van der Waals surface area contributed by atoms with Crippen LogP contribution in [0.2, 0.25) is 0 Å². The normalized spacial score (nSPS) is 29.1. The van der Waals surface area contributed by atoms with E-state index in [-0.39, 0.29) is 12.5 Å². The van der Waals surface area contributed by atoms with Crippen LogP contribution in [0.5, 0.6) is 0 Å². The van der Waals surface area contributed by atoms with E-state index < -0.39 is 61.4 Å². The molecule has 3 saturated heterocycles. The molecule has 3 fully saturated rings. The van der Waals surface area contributed by atoms with E-state index in [9.17, 15) is 5.11 Å². The second kappa shape index (κ2) is 21.5.